The number of hydrogen-bond acceptors (Lipinski definition) is 5. The van der Waals surface area contributed by atoms with Gasteiger partial charge in [0.15, 0.2) is 0 Å². The summed E-state index contributed by atoms with van der Waals surface area (Å²) >= 11 is 0. The Morgan fingerprint density at radius 3 is 2.44 bits per heavy atom. The first-order valence-corrected chi connectivity index (χ1v) is 5.45. The van der Waals surface area contributed by atoms with Crippen molar-refractivity contribution in [2.24, 2.45) is 5.84 Å². The van der Waals surface area contributed by atoms with E-state index in [1.54, 1.807) is 0 Å². The molecular formula is C10H22N4O2. The average Bonchev–Trinajstić information content (AvgIpc) is 2.67. The van der Waals surface area contributed by atoms with E-state index in [0.29, 0.717) is 12.4 Å². The molecule has 0 saturated heterocycles. The Bertz CT molecular complexity index is 319. The Kier molecular flexibility index (Phi) is 7.32. The van der Waals surface area contributed by atoms with Crippen LogP contribution in [0.4, 0.5) is 5.88 Å². The second-order valence-corrected chi connectivity index (χ2v) is 3.40. The maximum atomic E-state index is 10.7. The van der Waals surface area contributed by atoms with Gasteiger partial charge in [0, 0.05) is 6.54 Å². The zero-order valence-corrected chi connectivity index (χ0v) is 10.5. The number of hydrogen-bond donors (Lipinski definition) is 2. The van der Waals surface area contributed by atoms with E-state index in [1.165, 1.54) is 11.1 Å². The molecule has 0 saturated carbocycles. The summed E-state index contributed by atoms with van der Waals surface area (Å²) in [5.74, 6) is 6.03. The number of aromatic nitrogens is 1. The van der Waals surface area contributed by atoms with Crippen LogP contribution in [0, 0.1) is 0 Å². The summed E-state index contributed by atoms with van der Waals surface area (Å²) in [6, 6.07) is 1.33. The van der Waals surface area contributed by atoms with E-state index in [-0.39, 0.29) is 5.56 Å². The lowest BCUT2D eigenvalue weighted by Crippen LogP contribution is -2.33. The molecular weight excluding hydrogens is 208 g/mol. The molecule has 0 aliphatic heterocycles. The van der Waals surface area contributed by atoms with Gasteiger partial charge in [0.25, 0.3) is 5.56 Å². The Morgan fingerprint density at radius 2 is 2.00 bits per heavy atom. The maximum Gasteiger partial charge on any atom is 0.282 e. The number of anilines is 1. The molecule has 0 fully saturated rings. The second-order valence-electron chi connectivity index (χ2n) is 3.40. The molecule has 1 aromatic rings. The van der Waals surface area contributed by atoms with Crippen LogP contribution in [-0.4, -0.2) is 37.2 Å². The van der Waals surface area contributed by atoms with Gasteiger partial charge in [0.2, 0.25) is 5.88 Å². The third-order valence-electron chi connectivity index (χ3n) is 1.80. The van der Waals surface area contributed by atoms with Crippen molar-refractivity contribution in [2.75, 3.05) is 32.2 Å². The zero-order valence-electron chi connectivity index (χ0n) is 10.5. The molecule has 0 atom stereocenters. The highest BCUT2D eigenvalue weighted by molar-refractivity contribution is 5.29. The fourth-order valence-electron chi connectivity index (χ4n) is 1.08. The molecule has 1 heterocycles. The number of hydrazine groups is 1. The van der Waals surface area contributed by atoms with Gasteiger partial charge in [0.05, 0.1) is 6.07 Å². The molecule has 0 bridgehead atoms. The normalized spacial score (nSPS) is 9.88. The van der Waals surface area contributed by atoms with E-state index in [0.717, 1.165) is 13.0 Å². The molecule has 0 amide bonds. The largest absolute Gasteiger partial charge is 0.359 e. The fraction of sp³-hybridized carbons (Fsp3) is 0.700. The third-order valence-corrected chi connectivity index (χ3v) is 1.80. The molecule has 16 heavy (non-hydrogen) atoms. The molecule has 6 heteroatoms. The van der Waals surface area contributed by atoms with E-state index in [9.17, 15) is 4.79 Å². The number of aromatic amines is 1. The van der Waals surface area contributed by atoms with Gasteiger partial charge in [-0.3, -0.25) is 9.80 Å². The van der Waals surface area contributed by atoms with Crippen LogP contribution < -0.4 is 16.4 Å². The fourth-order valence-corrected chi connectivity index (χ4v) is 1.08. The highest BCUT2D eigenvalue weighted by atomic mass is 16.5. The Morgan fingerprint density at radius 1 is 1.38 bits per heavy atom. The summed E-state index contributed by atoms with van der Waals surface area (Å²) in [7, 11) is 3.99. The van der Waals surface area contributed by atoms with Crippen molar-refractivity contribution in [3.8, 4) is 0 Å². The molecule has 0 aliphatic carbocycles. The first-order chi connectivity index (χ1) is 7.59. The Balaban J connectivity index is 0.00000106. The van der Waals surface area contributed by atoms with Crippen molar-refractivity contribution in [2.45, 2.75) is 20.3 Å². The van der Waals surface area contributed by atoms with Crippen molar-refractivity contribution in [3.63, 3.8) is 0 Å². The highest BCUT2D eigenvalue weighted by Crippen LogP contribution is 2.05. The van der Waals surface area contributed by atoms with Gasteiger partial charge in [-0.25, -0.2) is 5.84 Å². The summed E-state index contributed by atoms with van der Waals surface area (Å²) in [5, 5.41) is 3.60. The summed E-state index contributed by atoms with van der Waals surface area (Å²) in [5.41, 5.74) is -0.275. The van der Waals surface area contributed by atoms with Gasteiger partial charge in [-0.05, 0) is 27.1 Å². The predicted octanol–water partition coefficient (Wildman–Crippen LogP) is 0.626. The number of H-pyrrole nitrogens is 1. The van der Waals surface area contributed by atoms with Crippen LogP contribution in [0.1, 0.15) is 20.3 Å². The molecule has 0 radical (unpaired) electrons. The van der Waals surface area contributed by atoms with Gasteiger partial charge < -0.3 is 9.42 Å². The minimum atomic E-state index is -0.275. The van der Waals surface area contributed by atoms with Crippen LogP contribution in [0.5, 0.6) is 0 Å². The number of nitrogens with zero attached hydrogens (tertiary/aromatic N) is 2. The maximum absolute atomic E-state index is 10.7. The van der Waals surface area contributed by atoms with Crippen molar-refractivity contribution < 1.29 is 4.52 Å². The Hall–Kier alpha value is -1.27. The van der Waals surface area contributed by atoms with Crippen LogP contribution in [0.3, 0.4) is 0 Å². The quantitative estimate of drug-likeness (QED) is 0.573. The first-order valence-electron chi connectivity index (χ1n) is 5.45. The van der Waals surface area contributed by atoms with E-state index < -0.39 is 0 Å². The monoisotopic (exact) mass is 230 g/mol. The van der Waals surface area contributed by atoms with Gasteiger partial charge >= 0.3 is 0 Å². The van der Waals surface area contributed by atoms with Crippen LogP contribution in [0.15, 0.2) is 15.4 Å². The Labute approximate surface area is 95.9 Å². The standard InChI is InChI=1S/C8H16N4O2.C2H6/c1-11(2)4-3-5-12(9)8-6-7(13)10-14-8;1-2/h6H,3-5,9H2,1-2H3,(H,10,13);1-2H3. The van der Waals surface area contributed by atoms with Crippen molar-refractivity contribution in [3.05, 3.63) is 16.4 Å². The van der Waals surface area contributed by atoms with Crippen molar-refractivity contribution >= 4 is 5.88 Å². The second kappa shape index (κ2) is 7.95. The van der Waals surface area contributed by atoms with Crippen LogP contribution >= 0.6 is 0 Å². The molecule has 1 aromatic heterocycles. The number of nitrogens with two attached hydrogens (primary N) is 1. The van der Waals surface area contributed by atoms with Crippen molar-refractivity contribution in [1.82, 2.24) is 10.1 Å². The summed E-state index contributed by atoms with van der Waals surface area (Å²) in [6.07, 6.45) is 0.915. The van der Waals surface area contributed by atoms with E-state index in [2.05, 4.69) is 10.1 Å². The topological polar surface area (TPSA) is 78.5 Å². The van der Waals surface area contributed by atoms with Crippen LogP contribution in [-0.2, 0) is 0 Å². The first kappa shape index (κ1) is 14.7. The van der Waals surface area contributed by atoms with Crippen LogP contribution in [0.2, 0.25) is 0 Å². The summed E-state index contributed by atoms with van der Waals surface area (Å²) < 4.78 is 4.83. The van der Waals surface area contributed by atoms with Gasteiger partial charge in [-0.15, -0.1) is 0 Å². The molecule has 6 nitrogen and oxygen atoms in total. The molecule has 94 valence electrons. The molecule has 1 rings (SSSR count). The van der Waals surface area contributed by atoms with Gasteiger partial charge in [-0.1, -0.05) is 13.8 Å². The number of rotatable bonds is 5. The smallest absolute Gasteiger partial charge is 0.282 e. The summed E-state index contributed by atoms with van der Waals surface area (Å²) in [6.45, 7) is 5.60. The molecule has 3 N–H and O–H groups in total. The van der Waals surface area contributed by atoms with Crippen molar-refractivity contribution in [1.29, 1.82) is 0 Å². The molecule has 0 unspecified atom stereocenters. The molecule has 0 spiro atoms. The zero-order chi connectivity index (χ0) is 12.6. The van der Waals surface area contributed by atoms with E-state index >= 15 is 0 Å². The lowest BCUT2D eigenvalue weighted by molar-refractivity contribution is 0.387. The number of nitrogens with one attached hydrogen (secondary N) is 1. The van der Waals surface area contributed by atoms with E-state index in [4.69, 9.17) is 10.4 Å². The lowest BCUT2D eigenvalue weighted by Gasteiger charge is -2.15. The van der Waals surface area contributed by atoms with E-state index in [1.807, 2.05) is 27.9 Å². The SMILES string of the molecule is CC.CN(C)CCCN(N)c1cc(=O)[nH]o1. The van der Waals surface area contributed by atoms with Gasteiger partial charge in [0.1, 0.15) is 0 Å². The lowest BCUT2D eigenvalue weighted by atomic mass is 10.4. The summed E-state index contributed by atoms with van der Waals surface area (Å²) in [4.78, 5) is 12.8. The molecule has 0 aliphatic rings. The molecule has 0 aromatic carbocycles. The van der Waals surface area contributed by atoms with Gasteiger partial charge in [-0.2, -0.15) is 5.16 Å². The highest BCUT2D eigenvalue weighted by Gasteiger charge is 2.06. The predicted molar refractivity (Wildman–Crippen MR) is 65.4 cm³/mol. The third kappa shape index (κ3) is 5.57. The minimum absolute atomic E-state index is 0.275. The minimum Gasteiger partial charge on any atom is -0.359 e. The average molecular weight is 230 g/mol. The van der Waals surface area contributed by atoms with Crippen LogP contribution in [0.25, 0.3) is 0 Å².